The van der Waals surface area contributed by atoms with Gasteiger partial charge < -0.3 is 10.2 Å². The number of para-hydroxylation sites is 2. The summed E-state index contributed by atoms with van der Waals surface area (Å²) < 4.78 is 1.64. The van der Waals surface area contributed by atoms with Crippen molar-refractivity contribution in [3.05, 3.63) is 53.6 Å². The molecule has 2 aromatic carbocycles. The third-order valence-electron chi connectivity index (χ3n) is 4.64. The molecule has 0 atom stereocenters. The summed E-state index contributed by atoms with van der Waals surface area (Å²) in [5.41, 5.74) is 4.42. The maximum Gasteiger partial charge on any atom is 0.244 e. The van der Waals surface area contributed by atoms with Crippen LogP contribution in [0.4, 0.5) is 11.4 Å². The molecule has 28 heavy (non-hydrogen) atoms. The lowest BCUT2D eigenvalue weighted by atomic mass is 10.1. The highest BCUT2D eigenvalue weighted by Gasteiger charge is 2.27. The van der Waals surface area contributed by atoms with Crippen molar-refractivity contribution in [2.45, 2.75) is 19.0 Å². The van der Waals surface area contributed by atoms with Crippen molar-refractivity contribution < 1.29 is 9.59 Å². The summed E-state index contributed by atoms with van der Waals surface area (Å²) in [6.07, 6.45) is 0. The molecule has 4 rings (SSSR count). The molecule has 0 saturated carbocycles. The lowest BCUT2D eigenvalue weighted by Crippen LogP contribution is -2.43. The smallest absolute Gasteiger partial charge is 0.244 e. The van der Waals surface area contributed by atoms with E-state index in [1.54, 1.807) is 10.7 Å². The highest BCUT2D eigenvalue weighted by molar-refractivity contribution is 7.99. The molecule has 0 fully saturated rings. The molecule has 2 amide bonds. The standard InChI is InChI=1S/C19H18N6O2S/c1-12-6-5-9-15(13(12)2)25-19(21-22-23-25)28-11-18(27)24-10-17(26)20-14-7-3-4-8-16(14)24/h3-9H,10-11H2,1-2H3,(H,20,26). The maximum absolute atomic E-state index is 12.8. The zero-order chi connectivity index (χ0) is 19.7. The zero-order valence-electron chi connectivity index (χ0n) is 15.4. The van der Waals surface area contributed by atoms with E-state index in [1.807, 2.05) is 50.2 Å². The fourth-order valence-corrected chi connectivity index (χ4v) is 3.80. The van der Waals surface area contributed by atoms with Crippen molar-refractivity contribution in [2.24, 2.45) is 0 Å². The lowest BCUT2D eigenvalue weighted by Gasteiger charge is -2.28. The number of fused-ring (bicyclic) bond motifs is 1. The van der Waals surface area contributed by atoms with Crippen molar-refractivity contribution in [3.63, 3.8) is 0 Å². The number of hydrogen-bond acceptors (Lipinski definition) is 6. The number of nitrogens with one attached hydrogen (secondary N) is 1. The number of benzene rings is 2. The van der Waals surface area contributed by atoms with Crippen LogP contribution in [0.25, 0.3) is 5.69 Å². The highest BCUT2D eigenvalue weighted by Crippen LogP contribution is 2.30. The van der Waals surface area contributed by atoms with Crippen LogP contribution in [-0.4, -0.2) is 44.3 Å². The van der Waals surface area contributed by atoms with Crippen molar-refractivity contribution in [1.82, 2.24) is 20.2 Å². The number of carbonyl (C=O) groups is 2. The number of rotatable bonds is 4. The first-order chi connectivity index (χ1) is 13.5. The third-order valence-corrected chi connectivity index (χ3v) is 5.55. The number of thioether (sulfide) groups is 1. The first-order valence-corrected chi connectivity index (χ1v) is 9.70. The van der Waals surface area contributed by atoms with E-state index in [-0.39, 0.29) is 24.1 Å². The van der Waals surface area contributed by atoms with E-state index >= 15 is 0 Å². The molecule has 9 heteroatoms. The average molecular weight is 394 g/mol. The number of aryl methyl sites for hydroxylation is 1. The summed E-state index contributed by atoms with van der Waals surface area (Å²) in [5.74, 6) is -0.271. The molecule has 0 unspecified atom stereocenters. The molecule has 1 aromatic heterocycles. The topological polar surface area (TPSA) is 93.0 Å². The second-order valence-electron chi connectivity index (χ2n) is 6.43. The molecule has 3 aromatic rings. The van der Waals surface area contributed by atoms with Crippen LogP contribution in [0.2, 0.25) is 0 Å². The van der Waals surface area contributed by atoms with Crippen molar-refractivity contribution in [2.75, 3.05) is 22.5 Å². The van der Waals surface area contributed by atoms with Crippen molar-refractivity contribution in [1.29, 1.82) is 0 Å². The van der Waals surface area contributed by atoms with Crippen LogP contribution in [-0.2, 0) is 9.59 Å². The van der Waals surface area contributed by atoms with Gasteiger partial charge in [-0.3, -0.25) is 9.59 Å². The van der Waals surface area contributed by atoms with E-state index in [1.165, 1.54) is 16.7 Å². The Hall–Kier alpha value is -3.20. The first kappa shape index (κ1) is 18.2. The monoisotopic (exact) mass is 394 g/mol. The molecule has 0 aliphatic carbocycles. The van der Waals surface area contributed by atoms with Gasteiger partial charge in [0.25, 0.3) is 0 Å². The van der Waals surface area contributed by atoms with Gasteiger partial charge in [-0.2, -0.15) is 4.68 Å². The van der Waals surface area contributed by atoms with Gasteiger partial charge in [0, 0.05) is 0 Å². The predicted octanol–water partition coefficient (Wildman–Crippen LogP) is 2.36. The van der Waals surface area contributed by atoms with E-state index in [0.29, 0.717) is 16.5 Å². The Balaban J connectivity index is 1.54. The molecule has 2 heterocycles. The summed E-state index contributed by atoms with van der Waals surface area (Å²) in [6.45, 7) is 4.03. The van der Waals surface area contributed by atoms with E-state index in [0.717, 1.165) is 16.8 Å². The Morgan fingerprint density at radius 3 is 2.79 bits per heavy atom. The molecule has 0 radical (unpaired) electrons. The van der Waals surface area contributed by atoms with E-state index in [4.69, 9.17) is 0 Å². The van der Waals surface area contributed by atoms with Crippen molar-refractivity contribution in [3.8, 4) is 5.69 Å². The fraction of sp³-hybridized carbons (Fsp3) is 0.211. The van der Waals surface area contributed by atoms with Gasteiger partial charge in [0.05, 0.1) is 22.8 Å². The number of hydrogen-bond donors (Lipinski definition) is 1. The minimum atomic E-state index is -0.211. The van der Waals surface area contributed by atoms with Gasteiger partial charge in [0.1, 0.15) is 6.54 Å². The Kier molecular flexibility index (Phi) is 4.82. The van der Waals surface area contributed by atoms with E-state index in [2.05, 4.69) is 20.8 Å². The minimum Gasteiger partial charge on any atom is -0.323 e. The average Bonchev–Trinajstić information content (AvgIpc) is 3.16. The second-order valence-corrected chi connectivity index (χ2v) is 7.37. The van der Waals surface area contributed by atoms with Gasteiger partial charge in [-0.25, -0.2) is 0 Å². The predicted molar refractivity (Wildman–Crippen MR) is 107 cm³/mol. The summed E-state index contributed by atoms with van der Waals surface area (Å²) in [6, 6.07) is 13.2. The van der Waals surface area contributed by atoms with Crippen LogP contribution >= 0.6 is 11.8 Å². The molecule has 1 aliphatic rings. The summed E-state index contributed by atoms with van der Waals surface area (Å²) in [7, 11) is 0. The molecular weight excluding hydrogens is 376 g/mol. The second kappa shape index (κ2) is 7.43. The molecule has 0 spiro atoms. The van der Waals surface area contributed by atoms with E-state index < -0.39 is 0 Å². The molecule has 1 N–H and O–H groups in total. The van der Waals surface area contributed by atoms with Crippen LogP contribution in [0.3, 0.4) is 0 Å². The SMILES string of the molecule is Cc1cccc(-n2nnnc2SCC(=O)N2CC(=O)Nc3ccccc32)c1C. The van der Waals surface area contributed by atoms with Crippen LogP contribution < -0.4 is 10.2 Å². The van der Waals surface area contributed by atoms with Crippen LogP contribution in [0.1, 0.15) is 11.1 Å². The highest BCUT2D eigenvalue weighted by atomic mass is 32.2. The molecule has 142 valence electrons. The number of tetrazole rings is 1. The molecule has 8 nitrogen and oxygen atoms in total. The normalized spacial score (nSPS) is 13.2. The number of aromatic nitrogens is 4. The fourth-order valence-electron chi connectivity index (χ4n) is 3.05. The minimum absolute atomic E-state index is 0.00165. The van der Waals surface area contributed by atoms with Gasteiger partial charge in [0.2, 0.25) is 17.0 Å². The Morgan fingerprint density at radius 2 is 1.93 bits per heavy atom. The summed E-state index contributed by atoms with van der Waals surface area (Å²) in [4.78, 5) is 26.2. The zero-order valence-corrected chi connectivity index (χ0v) is 16.2. The summed E-state index contributed by atoms with van der Waals surface area (Å²) >= 11 is 1.24. The Labute approximate surface area is 165 Å². The van der Waals surface area contributed by atoms with Crippen LogP contribution in [0.15, 0.2) is 47.6 Å². The van der Waals surface area contributed by atoms with Gasteiger partial charge in [-0.15, -0.1) is 5.10 Å². The first-order valence-electron chi connectivity index (χ1n) is 8.71. The van der Waals surface area contributed by atoms with Gasteiger partial charge in [-0.05, 0) is 53.6 Å². The number of anilines is 2. The van der Waals surface area contributed by atoms with Crippen LogP contribution in [0, 0.1) is 13.8 Å². The largest absolute Gasteiger partial charge is 0.323 e. The molecular formula is C19H18N6O2S. The quantitative estimate of drug-likeness (QED) is 0.683. The number of carbonyl (C=O) groups excluding carboxylic acids is 2. The Morgan fingerprint density at radius 1 is 1.14 bits per heavy atom. The molecule has 0 saturated heterocycles. The molecule has 0 bridgehead atoms. The number of amides is 2. The van der Waals surface area contributed by atoms with Gasteiger partial charge >= 0.3 is 0 Å². The molecule has 1 aliphatic heterocycles. The van der Waals surface area contributed by atoms with Gasteiger partial charge in [0.15, 0.2) is 0 Å². The lowest BCUT2D eigenvalue weighted by molar-refractivity contribution is -0.120. The van der Waals surface area contributed by atoms with Crippen LogP contribution in [0.5, 0.6) is 0 Å². The van der Waals surface area contributed by atoms with Gasteiger partial charge in [-0.1, -0.05) is 36.0 Å². The number of nitrogens with zero attached hydrogens (tertiary/aromatic N) is 5. The van der Waals surface area contributed by atoms with Crippen molar-refractivity contribution >= 4 is 35.0 Å². The van der Waals surface area contributed by atoms with E-state index in [9.17, 15) is 9.59 Å². The maximum atomic E-state index is 12.8. The third kappa shape index (κ3) is 3.36. The Bertz CT molecular complexity index is 1060. The summed E-state index contributed by atoms with van der Waals surface area (Å²) in [5, 5.41) is 15.2.